The van der Waals surface area contributed by atoms with Crippen molar-refractivity contribution in [3.63, 3.8) is 0 Å². The lowest BCUT2D eigenvalue weighted by Crippen LogP contribution is -2.47. The first-order valence-corrected chi connectivity index (χ1v) is 8.98. The van der Waals surface area contributed by atoms with Crippen molar-refractivity contribution < 1.29 is 0 Å². The van der Waals surface area contributed by atoms with Crippen LogP contribution < -0.4 is 5.32 Å². The molecule has 0 bridgehead atoms. The minimum atomic E-state index is 0.380. The summed E-state index contributed by atoms with van der Waals surface area (Å²) in [7, 11) is 0. The molecule has 1 fully saturated rings. The van der Waals surface area contributed by atoms with E-state index in [0.717, 1.165) is 12.5 Å². The first kappa shape index (κ1) is 16.5. The highest BCUT2D eigenvalue weighted by Gasteiger charge is 2.41. The van der Waals surface area contributed by atoms with Crippen LogP contribution in [0.5, 0.6) is 0 Å². The molecule has 0 spiro atoms. The van der Waals surface area contributed by atoms with Gasteiger partial charge in [0.15, 0.2) is 0 Å². The van der Waals surface area contributed by atoms with Crippen molar-refractivity contribution in [1.82, 2.24) is 5.32 Å². The maximum Gasteiger partial charge on any atom is 0.0164 e. The molecule has 1 atom stereocenters. The zero-order valence-electron chi connectivity index (χ0n) is 14.2. The normalized spacial score (nSPS) is 19.0. The van der Waals surface area contributed by atoms with Gasteiger partial charge in [-0.3, -0.25) is 0 Å². The lowest BCUT2D eigenvalue weighted by Gasteiger charge is -2.39. The molecule has 0 radical (unpaired) electrons. The fourth-order valence-corrected chi connectivity index (χ4v) is 4.01. The van der Waals surface area contributed by atoms with Gasteiger partial charge >= 0.3 is 0 Å². The maximum absolute atomic E-state index is 3.91. The first-order valence-electron chi connectivity index (χ1n) is 8.98. The third-order valence-electron chi connectivity index (χ3n) is 5.18. The van der Waals surface area contributed by atoms with Crippen LogP contribution in [-0.2, 0) is 5.41 Å². The maximum atomic E-state index is 3.91. The molecule has 0 amide bonds. The van der Waals surface area contributed by atoms with Crippen molar-refractivity contribution in [2.75, 3.05) is 6.54 Å². The predicted molar refractivity (Wildman–Crippen MR) is 92.7 cm³/mol. The number of benzene rings is 1. The van der Waals surface area contributed by atoms with Gasteiger partial charge in [0.2, 0.25) is 0 Å². The zero-order chi connectivity index (χ0) is 15.1. The summed E-state index contributed by atoms with van der Waals surface area (Å²) in [6.45, 7) is 8.12. The number of hydrogen-bond acceptors (Lipinski definition) is 1. The van der Waals surface area contributed by atoms with E-state index >= 15 is 0 Å². The molecule has 1 aliphatic rings. The molecule has 1 aromatic rings. The van der Waals surface area contributed by atoms with Crippen LogP contribution in [0.25, 0.3) is 0 Å². The number of nitrogens with one attached hydrogen (secondary N) is 1. The third-order valence-corrected chi connectivity index (χ3v) is 5.18. The summed E-state index contributed by atoms with van der Waals surface area (Å²) in [5.41, 5.74) is 1.95. The Morgan fingerprint density at radius 2 is 1.71 bits per heavy atom. The van der Waals surface area contributed by atoms with Gasteiger partial charge in [-0.15, -0.1) is 0 Å². The van der Waals surface area contributed by atoms with E-state index in [0.29, 0.717) is 11.5 Å². The number of rotatable bonds is 8. The molecule has 0 aliphatic heterocycles. The molecule has 1 N–H and O–H groups in total. The Kier molecular flexibility index (Phi) is 6.29. The Morgan fingerprint density at radius 3 is 2.29 bits per heavy atom. The highest BCUT2D eigenvalue weighted by Crippen LogP contribution is 2.45. The van der Waals surface area contributed by atoms with Gasteiger partial charge in [0.25, 0.3) is 0 Å². The molecular formula is C20H33N. The van der Waals surface area contributed by atoms with Gasteiger partial charge < -0.3 is 5.32 Å². The predicted octanol–water partition coefficient (Wildman–Crippen LogP) is 5.30. The summed E-state index contributed by atoms with van der Waals surface area (Å²) in [6, 6.07) is 11.9. The van der Waals surface area contributed by atoms with Crippen LogP contribution in [0.1, 0.15) is 71.3 Å². The molecule has 2 rings (SSSR count). The minimum Gasteiger partial charge on any atom is -0.313 e. The highest BCUT2D eigenvalue weighted by atomic mass is 14.9. The van der Waals surface area contributed by atoms with Gasteiger partial charge in [-0.2, -0.15) is 0 Å². The number of hydrogen-bond donors (Lipinski definition) is 1. The second-order valence-electron chi connectivity index (χ2n) is 7.21. The van der Waals surface area contributed by atoms with Crippen molar-refractivity contribution in [3.8, 4) is 0 Å². The van der Waals surface area contributed by atoms with Crippen LogP contribution in [-0.4, -0.2) is 12.6 Å². The standard InChI is InChI=1S/C20H33N/c1-4-16-21-19(13-12-17(2)3)20(14-8-9-15-20)18-10-6-5-7-11-18/h5-7,10-11,17,19,21H,4,8-9,12-16H2,1-3H3. The summed E-state index contributed by atoms with van der Waals surface area (Å²) < 4.78 is 0. The van der Waals surface area contributed by atoms with E-state index in [1.54, 1.807) is 5.56 Å². The minimum absolute atomic E-state index is 0.380. The van der Waals surface area contributed by atoms with Crippen LogP contribution in [0.4, 0.5) is 0 Å². The van der Waals surface area contributed by atoms with E-state index in [4.69, 9.17) is 0 Å². The molecule has 1 saturated carbocycles. The van der Waals surface area contributed by atoms with Crippen molar-refractivity contribution in [2.24, 2.45) is 5.92 Å². The second kappa shape index (κ2) is 7.98. The zero-order valence-corrected chi connectivity index (χ0v) is 14.2. The molecule has 0 saturated heterocycles. The van der Waals surface area contributed by atoms with Gasteiger partial charge in [-0.1, -0.05) is 63.9 Å². The van der Waals surface area contributed by atoms with E-state index in [1.807, 2.05) is 0 Å². The monoisotopic (exact) mass is 287 g/mol. The third kappa shape index (κ3) is 4.10. The Labute approximate surface area is 131 Å². The van der Waals surface area contributed by atoms with Crippen LogP contribution in [0, 0.1) is 5.92 Å². The molecule has 1 aliphatic carbocycles. The van der Waals surface area contributed by atoms with Gasteiger partial charge in [0, 0.05) is 11.5 Å². The molecule has 118 valence electrons. The van der Waals surface area contributed by atoms with Crippen molar-refractivity contribution in [3.05, 3.63) is 35.9 Å². The van der Waals surface area contributed by atoms with E-state index in [1.165, 1.54) is 44.9 Å². The SMILES string of the molecule is CCCNC(CCC(C)C)C1(c2ccccc2)CCCC1. The van der Waals surface area contributed by atoms with E-state index in [-0.39, 0.29) is 0 Å². The summed E-state index contributed by atoms with van der Waals surface area (Å²) >= 11 is 0. The van der Waals surface area contributed by atoms with E-state index in [2.05, 4.69) is 56.4 Å². The highest BCUT2D eigenvalue weighted by molar-refractivity contribution is 5.29. The Hall–Kier alpha value is -0.820. The van der Waals surface area contributed by atoms with Crippen molar-refractivity contribution in [1.29, 1.82) is 0 Å². The molecule has 21 heavy (non-hydrogen) atoms. The molecule has 1 heteroatoms. The fourth-order valence-electron chi connectivity index (χ4n) is 4.01. The Bertz CT molecular complexity index is 390. The van der Waals surface area contributed by atoms with Crippen LogP contribution >= 0.6 is 0 Å². The quantitative estimate of drug-likeness (QED) is 0.684. The Balaban J connectivity index is 2.22. The lowest BCUT2D eigenvalue weighted by molar-refractivity contribution is 0.268. The van der Waals surface area contributed by atoms with Crippen molar-refractivity contribution >= 4 is 0 Å². The molecule has 1 unspecified atom stereocenters. The average Bonchev–Trinajstić information content (AvgIpc) is 2.99. The summed E-state index contributed by atoms with van der Waals surface area (Å²) in [5, 5.41) is 3.91. The van der Waals surface area contributed by atoms with E-state index in [9.17, 15) is 0 Å². The second-order valence-corrected chi connectivity index (χ2v) is 7.21. The molecule has 0 aromatic heterocycles. The summed E-state index contributed by atoms with van der Waals surface area (Å²) in [6.07, 6.45) is 9.36. The first-order chi connectivity index (χ1) is 10.2. The van der Waals surface area contributed by atoms with Crippen LogP contribution in [0.3, 0.4) is 0 Å². The summed E-state index contributed by atoms with van der Waals surface area (Å²) in [4.78, 5) is 0. The topological polar surface area (TPSA) is 12.0 Å². The van der Waals surface area contributed by atoms with Gasteiger partial charge in [0.05, 0.1) is 0 Å². The van der Waals surface area contributed by atoms with Crippen LogP contribution in [0.15, 0.2) is 30.3 Å². The largest absolute Gasteiger partial charge is 0.313 e. The van der Waals surface area contributed by atoms with Crippen molar-refractivity contribution in [2.45, 2.75) is 77.2 Å². The Morgan fingerprint density at radius 1 is 1.05 bits per heavy atom. The molecule has 1 nitrogen and oxygen atoms in total. The van der Waals surface area contributed by atoms with E-state index < -0.39 is 0 Å². The van der Waals surface area contributed by atoms with Gasteiger partial charge in [-0.05, 0) is 50.1 Å². The smallest absolute Gasteiger partial charge is 0.0164 e. The van der Waals surface area contributed by atoms with Gasteiger partial charge in [0.1, 0.15) is 0 Å². The lowest BCUT2D eigenvalue weighted by atomic mass is 9.70. The van der Waals surface area contributed by atoms with Gasteiger partial charge in [-0.25, -0.2) is 0 Å². The van der Waals surface area contributed by atoms with Crippen LogP contribution in [0.2, 0.25) is 0 Å². The molecule has 0 heterocycles. The molecule has 1 aromatic carbocycles. The fraction of sp³-hybridized carbons (Fsp3) is 0.700. The molecular weight excluding hydrogens is 254 g/mol. The summed E-state index contributed by atoms with van der Waals surface area (Å²) in [5.74, 6) is 0.796. The average molecular weight is 287 g/mol.